The molecule has 0 radical (unpaired) electrons. The van der Waals surface area contributed by atoms with Gasteiger partial charge < -0.3 is 20.4 Å². The van der Waals surface area contributed by atoms with Gasteiger partial charge in [-0.1, -0.05) is 70.7 Å². The second-order valence-electron chi connectivity index (χ2n) is 18.4. The van der Waals surface area contributed by atoms with E-state index in [4.69, 9.17) is 53.6 Å². The number of fused-ring (bicyclic) bond motifs is 4. The second kappa shape index (κ2) is 23.2. The highest BCUT2D eigenvalue weighted by atomic mass is 35.5. The zero-order valence-electron chi connectivity index (χ0n) is 39.5. The van der Waals surface area contributed by atoms with Gasteiger partial charge in [0.2, 0.25) is 0 Å². The first kappa shape index (κ1) is 50.3. The van der Waals surface area contributed by atoms with Crippen LogP contribution in [0.2, 0.25) is 10.0 Å². The number of nitrogens with zero attached hydrogens (tertiary/aromatic N) is 6. The number of aliphatic hydroxyl groups is 2. The Morgan fingerprint density at radius 2 is 0.929 bits per heavy atom. The van der Waals surface area contributed by atoms with E-state index in [0.29, 0.717) is 0 Å². The van der Waals surface area contributed by atoms with Crippen LogP contribution in [0.15, 0.2) is 121 Å². The SMILES string of the molecule is Cc1cncc(CN2CCC(=C3c4ccc(Cl)cc4CCc4cccnc43)CC2)c1.Cc1cncc(CN2CCC(=C3c4ccc(Cl)cc4CCc4cccnc43)CC2)c1.O=C(O)C(O)C(O)C(=O)O. The van der Waals surface area contributed by atoms with Crippen molar-refractivity contribution in [2.24, 2.45) is 0 Å². The van der Waals surface area contributed by atoms with E-state index in [1.54, 1.807) is 0 Å². The fraction of sp³-hybridized carbons (Fsp3) is 0.321. The lowest BCUT2D eigenvalue weighted by Gasteiger charge is -2.30. The number of hydrogen-bond donors (Lipinski definition) is 4. The van der Waals surface area contributed by atoms with E-state index in [9.17, 15) is 9.59 Å². The van der Waals surface area contributed by atoms with E-state index in [2.05, 4.69) is 94.3 Å². The van der Waals surface area contributed by atoms with Gasteiger partial charge in [-0.05, 0) is 157 Å². The smallest absolute Gasteiger partial charge is 0.335 e. The standard InChI is InChI=1S/2C26H26ClN3.C4H6O6/c2*1-18-13-19(16-28-15-18)17-30-11-8-20(9-12-30)25-24-7-6-23(27)14-22(24)5-4-21-3-2-10-29-26(21)25;5-1(3(7)8)2(6)4(9)10/h2*2-3,6-7,10,13-16H,4-5,8-9,11-12,17H2,1H3;1-2,5-6H,(H,7,8)(H,9,10). The van der Waals surface area contributed by atoms with E-state index in [1.165, 1.54) is 89.3 Å². The summed E-state index contributed by atoms with van der Waals surface area (Å²) >= 11 is 12.7. The van der Waals surface area contributed by atoms with Gasteiger partial charge in [0.15, 0.2) is 12.2 Å². The van der Waals surface area contributed by atoms with Crippen molar-refractivity contribution in [1.82, 2.24) is 29.7 Å². The molecule has 2 fully saturated rings. The van der Waals surface area contributed by atoms with E-state index >= 15 is 0 Å². The van der Waals surface area contributed by atoms with Crippen LogP contribution in [0.5, 0.6) is 0 Å². The lowest BCUT2D eigenvalue weighted by molar-refractivity contribution is -0.165. The van der Waals surface area contributed by atoms with Crippen LogP contribution in [-0.4, -0.2) is 100 Å². The number of rotatable bonds is 7. The van der Waals surface area contributed by atoms with Crippen molar-refractivity contribution in [2.75, 3.05) is 26.2 Å². The molecule has 0 bridgehead atoms. The molecule has 2 unspecified atom stereocenters. The summed E-state index contributed by atoms with van der Waals surface area (Å²) in [6, 6.07) is 25.8. The minimum atomic E-state index is -2.27. The van der Waals surface area contributed by atoms with Gasteiger partial charge in [-0.15, -0.1) is 0 Å². The number of carboxylic acids is 2. The third kappa shape index (κ3) is 12.4. The van der Waals surface area contributed by atoms with Gasteiger partial charge >= 0.3 is 11.9 Å². The van der Waals surface area contributed by atoms with Crippen LogP contribution in [0, 0.1) is 13.8 Å². The number of benzene rings is 2. The highest BCUT2D eigenvalue weighted by Crippen LogP contribution is 2.40. The average molecular weight is 982 g/mol. The molecule has 0 saturated carbocycles. The predicted octanol–water partition coefficient (Wildman–Crippen LogP) is 9.15. The summed E-state index contributed by atoms with van der Waals surface area (Å²) < 4.78 is 0. The molecule has 2 atom stereocenters. The van der Waals surface area contributed by atoms with Crippen molar-refractivity contribution in [1.29, 1.82) is 0 Å². The van der Waals surface area contributed by atoms with Crippen LogP contribution in [0.3, 0.4) is 0 Å². The molecule has 2 aromatic carbocycles. The van der Waals surface area contributed by atoms with Gasteiger partial charge in [-0.25, -0.2) is 9.59 Å². The molecule has 362 valence electrons. The maximum atomic E-state index is 9.77. The average Bonchev–Trinajstić information content (AvgIpc) is 3.62. The van der Waals surface area contributed by atoms with Crippen LogP contribution in [0.4, 0.5) is 0 Å². The first-order valence-electron chi connectivity index (χ1n) is 23.8. The number of pyridine rings is 4. The first-order chi connectivity index (χ1) is 33.8. The van der Waals surface area contributed by atoms with Gasteiger partial charge in [-0.2, -0.15) is 0 Å². The van der Waals surface area contributed by atoms with Gasteiger partial charge in [0.05, 0.1) is 11.4 Å². The molecule has 0 amide bonds. The molecule has 2 aliphatic carbocycles. The summed E-state index contributed by atoms with van der Waals surface area (Å²) in [6.07, 6.45) is 15.5. The van der Waals surface area contributed by atoms with Crippen molar-refractivity contribution >= 4 is 46.3 Å². The van der Waals surface area contributed by atoms with Crippen molar-refractivity contribution in [2.45, 2.75) is 90.5 Å². The molecule has 2 aliphatic heterocycles. The largest absolute Gasteiger partial charge is 0.479 e. The Labute approximate surface area is 419 Å². The van der Waals surface area contributed by atoms with Crippen LogP contribution < -0.4 is 0 Å². The van der Waals surface area contributed by atoms with Crippen LogP contribution >= 0.6 is 23.2 Å². The summed E-state index contributed by atoms with van der Waals surface area (Å²) in [5.41, 5.74) is 21.2. The summed E-state index contributed by atoms with van der Waals surface area (Å²) in [7, 11) is 0. The molecule has 10 rings (SSSR count). The highest BCUT2D eigenvalue weighted by molar-refractivity contribution is 6.31. The molecular weight excluding hydrogens is 924 g/mol. The normalized spacial score (nSPS) is 16.6. The van der Waals surface area contributed by atoms with Gasteiger partial charge in [-0.3, -0.25) is 29.7 Å². The maximum Gasteiger partial charge on any atom is 0.335 e. The number of carboxylic acid groups (broad SMARTS) is 2. The van der Waals surface area contributed by atoms with Gasteiger partial charge in [0.1, 0.15) is 0 Å². The third-order valence-electron chi connectivity index (χ3n) is 13.4. The molecular formula is C56H58Cl2N6O6. The van der Waals surface area contributed by atoms with Crippen LogP contribution in [0.25, 0.3) is 11.1 Å². The molecule has 70 heavy (non-hydrogen) atoms. The zero-order chi connectivity index (χ0) is 49.3. The Morgan fingerprint density at radius 1 is 0.543 bits per heavy atom. The fourth-order valence-electron chi connectivity index (χ4n) is 9.92. The van der Waals surface area contributed by atoms with Gasteiger partial charge in [0, 0.05) is 97.6 Å². The van der Waals surface area contributed by atoms with E-state index in [-0.39, 0.29) is 0 Å². The highest BCUT2D eigenvalue weighted by Gasteiger charge is 2.30. The topological polar surface area (TPSA) is 173 Å². The number of aliphatic carboxylic acids is 2. The molecule has 2 saturated heterocycles. The monoisotopic (exact) mass is 980 g/mol. The first-order valence-corrected chi connectivity index (χ1v) is 24.5. The second-order valence-corrected chi connectivity index (χ2v) is 19.3. The molecule has 0 spiro atoms. The lowest BCUT2D eigenvalue weighted by atomic mass is 9.88. The number of aromatic nitrogens is 4. The summed E-state index contributed by atoms with van der Waals surface area (Å²) in [4.78, 5) is 43.0. The molecule has 6 aromatic rings. The van der Waals surface area contributed by atoms with Crippen LogP contribution in [-0.2, 0) is 48.4 Å². The van der Waals surface area contributed by atoms with Crippen LogP contribution in [0.1, 0.15) is 92.7 Å². The Morgan fingerprint density at radius 3 is 1.30 bits per heavy atom. The summed E-state index contributed by atoms with van der Waals surface area (Å²) in [5, 5.41) is 34.2. The van der Waals surface area contributed by atoms with E-state index < -0.39 is 24.1 Å². The quantitative estimate of drug-likeness (QED) is 0.120. The molecule has 6 heterocycles. The number of likely N-dealkylation sites (tertiary alicyclic amines) is 2. The number of carbonyl (C=O) groups is 2. The molecule has 14 heteroatoms. The third-order valence-corrected chi connectivity index (χ3v) is 13.8. The Bertz CT molecular complexity index is 2720. The molecule has 4 aliphatic rings. The number of aryl methyl sites for hydroxylation is 6. The molecule has 4 N–H and O–H groups in total. The molecule has 12 nitrogen and oxygen atoms in total. The van der Waals surface area contributed by atoms with E-state index in [0.717, 1.165) is 101 Å². The minimum absolute atomic E-state index is 0.818. The van der Waals surface area contributed by atoms with Crippen molar-refractivity contribution in [3.63, 3.8) is 0 Å². The minimum Gasteiger partial charge on any atom is -0.479 e. The Kier molecular flexibility index (Phi) is 16.7. The summed E-state index contributed by atoms with van der Waals surface area (Å²) in [5.74, 6) is -3.54. The predicted molar refractivity (Wildman–Crippen MR) is 272 cm³/mol. The number of piperidine rings is 2. The summed E-state index contributed by atoms with van der Waals surface area (Å²) in [6.45, 7) is 10.4. The van der Waals surface area contributed by atoms with E-state index in [1.807, 2.05) is 49.3 Å². The van der Waals surface area contributed by atoms with Crippen molar-refractivity contribution in [3.8, 4) is 0 Å². The van der Waals surface area contributed by atoms with Gasteiger partial charge in [0.25, 0.3) is 0 Å². The maximum absolute atomic E-state index is 9.77. The Balaban J connectivity index is 0.000000158. The lowest BCUT2D eigenvalue weighted by Crippen LogP contribution is -2.39. The molecule has 4 aromatic heterocycles. The number of aliphatic hydroxyl groups excluding tert-OH is 2. The number of hydrogen-bond acceptors (Lipinski definition) is 10. The Hall–Kier alpha value is -6.12. The zero-order valence-corrected chi connectivity index (χ0v) is 41.0. The number of halogens is 2. The fourth-order valence-corrected chi connectivity index (χ4v) is 10.3. The van der Waals surface area contributed by atoms with Crippen molar-refractivity contribution < 1.29 is 30.0 Å². The van der Waals surface area contributed by atoms with Crippen molar-refractivity contribution in [3.05, 3.63) is 198 Å².